The molecule has 0 atom stereocenters. The van der Waals surface area contributed by atoms with Gasteiger partial charge in [0.25, 0.3) is 0 Å². The highest BCUT2D eigenvalue weighted by Gasteiger charge is 2.44. The van der Waals surface area contributed by atoms with Gasteiger partial charge in [0, 0.05) is 40.0 Å². The van der Waals surface area contributed by atoms with Crippen LogP contribution in [0, 0.1) is 0 Å². The Kier molecular flexibility index (Phi) is 9.28. The molecule has 0 aromatic heterocycles. The summed E-state index contributed by atoms with van der Waals surface area (Å²) >= 11 is 0. The molecule has 0 aliphatic rings. The van der Waals surface area contributed by atoms with E-state index in [2.05, 4.69) is 13.8 Å². The summed E-state index contributed by atoms with van der Waals surface area (Å²) in [7, 11) is 1.39. The Hall–Kier alpha value is 0.194. The molecule has 0 saturated carbocycles. The quantitative estimate of drug-likeness (QED) is 0.577. The van der Waals surface area contributed by atoms with Gasteiger partial charge in [0.05, 0.1) is 0 Å². The lowest BCUT2D eigenvalue weighted by Gasteiger charge is -2.33. The first kappa shape index (κ1) is 19.2. The van der Waals surface area contributed by atoms with Crippen molar-refractivity contribution in [3.8, 4) is 0 Å². The molecular weight excluding hydrogens is 282 g/mol. The minimum atomic E-state index is -2.76. The molecule has 0 radical (unpaired) electrons. The van der Waals surface area contributed by atoms with Crippen LogP contribution >= 0.6 is 0 Å². The first-order valence-corrected chi connectivity index (χ1v) is 9.92. The molecule has 0 aromatic carbocycles. The monoisotopic (exact) mass is 311 g/mol. The van der Waals surface area contributed by atoms with E-state index in [1.807, 2.05) is 0 Å². The maximum absolute atomic E-state index is 6.31. The van der Waals surface area contributed by atoms with E-state index in [4.69, 9.17) is 27.6 Å². The lowest BCUT2D eigenvalue weighted by Crippen LogP contribution is -2.51. The van der Waals surface area contributed by atoms with Crippen molar-refractivity contribution in [2.45, 2.75) is 44.7 Å². The molecule has 0 saturated heterocycles. The molecule has 0 aliphatic carbocycles. The fraction of sp³-hybridized carbons (Fsp3) is 1.00. The first-order valence-electron chi connectivity index (χ1n) is 6.57. The van der Waals surface area contributed by atoms with Crippen molar-refractivity contribution < 1.29 is 21.8 Å². The van der Waals surface area contributed by atoms with Crippen LogP contribution in [0.25, 0.3) is 0 Å². The second kappa shape index (κ2) is 9.19. The molecule has 116 valence electrons. The van der Waals surface area contributed by atoms with Crippen molar-refractivity contribution in [2.75, 3.05) is 28.4 Å². The molecule has 0 unspecified atom stereocenters. The zero-order valence-corrected chi connectivity index (χ0v) is 15.2. The zero-order chi connectivity index (χ0) is 14.9. The van der Waals surface area contributed by atoms with Crippen molar-refractivity contribution >= 4 is 18.3 Å². The minimum absolute atomic E-state index is 0.199. The van der Waals surface area contributed by atoms with Gasteiger partial charge in [0.15, 0.2) is 0 Å². The zero-order valence-electron chi connectivity index (χ0n) is 13.0. The molecule has 0 fully saturated rings. The van der Waals surface area contributed by atoms with Crippen molar-refractivity contribution in [1.82, 2.24) is 0 Å². The van der Waals surface area contributed by atoms with E-state index in [0.29, 0.717) is 6.04 Å². The SMILES string of the molecule is CCC(N)(CC)CC[Si](OC)(OC)O[SiH](OC)OC. The van der Waals surface area contributed by atoms with Gasteiger partial charge in [-0.3, -0.25) is 0 Å². The van der Waals surface area contributed by atoms with Gasteiger partial charge in [-0.25, -0.2) is 0 Å². The predicted molar refractivity (Wildman–Crippen MR) is 78.9 cm³/mol. The molecule has 0 heterocycles. The summed E-state index contributed by atoms with van der Waals surface area (Å²) in [5.74, 6) is 0. The van der Waals surface area contributed by atoms with Gasteiger partial charge in [0.2, 0.25) is 0 Å². The van der Waals surface area contributed by atoms with E-state index in [-0.39, 0.29) is 5.54 Å². The van der Waals surface area contributed by atoms with Gasteiger partial charge >= 0.3 is 18.3 Å². The molecule has 0 spiro atoms. The normalized spacial score (nSPS) is 13.3. The van der Waals surface area contributed by atoms with Crippen molar-refractivity contribution in [3.63, 3.8) is 0 Å². The Morgan fingerprint density at radius 1 is 1.00 bits per heavy atom. The van der Waals surface area contributed by atoms with E-state index < -0.39 is 18.3 Å². The molecule has 8 heteroatoms. The molecule has 0 aliphatic heterocycles. The van der Waals surface area contributed by atoms with Crippen LogP contribution in [0.2, 0.25) is 6.04 Å². The van der Waals surface area contributed by atoms with Gasteiger partial charge in [-0.15, -0.1) is 0 Å². The Morgan fingerprint density at radius 2 is 1.47 bits per heavy atom. The van der Waals surface area contributed by atoms with Crippen molar-refractivity contribution in [2.24, 2.45) is 5.73 Å². The van der Waals surface area contributed by atoms with Crippen LogP contribution < -0.4 is 5.73 Å². The van der Waals surface area contributed by atoms with Crippen molar-refractivity contribution in [3.05, 3.63) is 0 Å². The largest absolute Gasteiger partial charge is 0.492 e. The molecule has 6 nitrogen and oxygen atoms in total. The standard InChI is InChI=1S/C11H29NO5Si2/c1-7-11(12,8-2)9-10-19(15-5,16-6)17-18(13-3)14-4/h18H,7-10,12H2,1-6H3. The third kappa shape index (κ3) is 6.00. The van der Waals surface area contributed by atoms with Gasteiger partial charge in [-0.1, -0.05) is 13.8 Å². The maximum Gasteiger partial charge on any atom is 0.492 e. The third-order valence-electron chi connectivity index (χ3n) is 3.62. The lowest BCUT2D eigenvalue weighted by molar-refractivity contribution is 0.106. The topological polar surface area (TPSA) is 72.2 Å². The van der Waals surface area contributed by atoms with E-state index in [0.717, 1.165) is 19.3 Å². The Bertz CT molecular complexity index is 233. The maximum atomic E-state index is 6.31. The second-order valence-corrected chi connectivity index (χ2v) is 9.68. The molecule has 19 heavy (non-hydrogen) atoms. The van der Waals surface area contributed by atoms with Crippen LogP contribution in [0.4, 0.5) is 0 Å². The van der Waals surface area contributed by atoms with Crippen LogP contribution in [-0.4, -0.2) is 52.3 Å². The highest BCUT2D eigenvalue weighted by molar-refractivity contribution is 6.67. The second-order valence-electron chi connectivity index (χ2n) is 4.54. The average molecular weight is 312 g/mol. The number of nitrogens with two attached hydrogens (primary N) is 1. The summed E-state index contributed by atoms with van der Waals surface area (Å²) in [5.41, 5.74) is 6.11. The van der Waals surface area contributed by atoms with Crippen LogP contribution in [0.1, 0.15) is 33.1 Å². The fourth-order valence-corrected chi connectivity index (χ4v) is 6.54. The summed E-state index contributed by atoms with van der Waals surface area (Å²) < 4.78 is 27.3. The van der Waals surface area contributed by atoms with E-state index >= 15 is 0 Å². The number of rotatable bonds is 11. The summed E-state index contributed by atoms with van der Waals surface area (Å²) in [6, 6.07) is 0.661. The Balaban J connectivity index is 4.70. The predicted octanol–water partition coefficient (Wildman–Crippen LogP) is 1.15. The summed E-state index contributed by atoms with van der Waals surface area (Å²) in [4.78, 5) is 0. The van der Waals surface area contributed by atoms with Gasteiger partial charge in [-0.05, 0) is 19.3 Å². The highest BCUT2D eigenvalue weighted by atomic mass is 28.4. The van der Waals surface area contributed by atoms with Crippen LogP contribution in [0.5, 0.6) is 0 Å². The lowest BCUT2D eigenvalue weighted by atomic mass is 9.91. The highest BCUT2D eigenvalue weighted by Crippen LogP contribution is 2.25. The van der Waals surface area contributed by atoms with E-state index in [1.54, 1.807) is 28.4 Å². The van der Waals surface area contributed by atoms with E-state index in [1.165, 1.54) is 0 Å². The van der Waals surface area contributed by atoms with E-state index in [9.17, 15) is 0 Å². The summed E-state index contributed by atoms with van der Waals surface area (Å²) in [5, 5.41) is 0. The minimum Gasteiger partial charge on any atom is -0.380 e. The van der Waals surface area contributed by atoms with Crippen LogP contribution in [0.3, 0.4) is 0 Å². The Labute approximate surface area is 119 Å². The smallest absolute Gasteiger partial charge is 0.380 e. The van der Waals surface area contributed by atoms with Gasteiger partial charge in [-0.2, -0.15) is 0 Å². The molecule has 0 bridgehead atoms. The molecule has 0 amide bonds. The molecule has 0 aromatic rings. The summed E-state index contributed by atoms with van der Waals surface area (Å²) in [6.07, 6.45) is 2.62. The Morgan fingerprint density at radius 3 is 1.79 bits per heavy atom. The summed E-state index contributed by atoms with van der Waals surface area (Å²) in [6.45, 7) is 4.18. The fourth-order valence-electron chi connectivity index (χ4n) is 1.79. The van der Waals surface area contributed by atoms with Crippen LogP contribution in [-0.2, 0) is 21.8 Å². The van der Waals surface area contributed by atoms with Gasteiger partial charge < -0.3 is 27.6 Å². The molecule has 2 N–H and O–H groups in total. The number of hydrogen-bond donors (Lipinski definition) is 1. The third-order valence-corrected chi connectivity index (χ3v) is 8.70. The molecular formula is C11H29NO5Si2. The molecule has 0 rings (SSSR count). The average Bonchev–Trinajstić information content (AvgIpc) is 2.48. The van der Waals surface area contributed by atoms with Crippen LogP contribution in [0.15, 0.2) is 0 Å². The van der Waals surface area contributed by atoms with Gasteiger partial charge in [0.1, 0.15) is 0 Å². The van der Waals surface area contributed by atoms with Crippen molar-refractivity contribution in [1.29, 1.82) is 0 Å². The first-order chi connectivity index (χ1) is 8.94. The number of hydrogen-bond acceptors (Lipinski definition) is 6.